The minimum Gasteiger partial charge on any atom is -0.495 e. The van der Waals surface area contributed by atoms with Gasteiger partial charge in [0.15, 0.2) is 4.80 Å². The minimum atomic E-state index is -0.201. The molecule has 0 atom stereocenters. The van der Waals surface area contributed by atoms with E-state index in [-0.39, 0.29) is 5.91 Å². The Bertz CT molecular complexity index is 1130. The zero-order valence-electron chi connectivity index (χ0n) is 17.2. The molecule has 0 N–H and O–H groups in total. The number of aromatic nitrogens is 1. The maximum atomic E-state index is 13.0. The molecule has 1 aliphatic rings. The van der Waals surface area contributed by atoms with E-state index >= 15 is 0 Å². The second-order valence-electron chi connectivity index (χ2n) is 7.29. The van der Waals surface area contributed by atoms with E-state index in [1.165, 1.54) is 35.3 Å². The van der Waals surface area contributed by atoms with E-state index in [2.05, 4.69) is 22.5 Å². The summed E-state index contributed by atoms with van der Waals surface area (Å²) < 4.78 is 14.1. The lowest BCUT2D eigenvalue weighted by Gasteiger charge is -2.15. The molecule has 0 spiro atoms. The van der Waals surface area contributed by atoms with Gasteiger partial charge < -0.3 is 14.0 Å². The fourth-order valence-electron chi connectivity index (χ4n) is 3.99. The quantitative estimate of drug-likeness (QED) is 0.610. The largest absolute Gasteiger partial charge is 0.495 e. The number of carbonyl (C=O) groups is 1. The van der Waals surface area contributed by atoms with Crippen LogP contribution in [0.5, 0.6) is 11.5 Å². The van der Waals surface area contributed by atoms with E-state index in [0.29, 0.717) is 10.4 Å². The lowest BCUT2D eigenvalue weighted by Crippen LogP contribution is -2.17. The smallest absolute Gasteiger partial charge is 0.279 e. The van der Waals surface area contributed by atoms with Gasteiger partial charge in [-0.2, -0.15) is 4.99 Å². The van der Waals surface area contributed by atoms with Crippen LogP contribution in [0.2, 0.25) is 0 Å². The number of hydrogen-bond acceptors (Lipinski definition) is 4. The Morgan fingerprint density at radius 2 is 1.79 bits per heavy atom. The first-order valence-corrected chi connectivity index (χ1v) is 10.9. The molecule has 0 aliphatic heterocycles. The predicted octanol–water partition coefficient (Wildman–Crippen LogP) is 4.75. The Morgan fingerprint density at radius 1 is 1.07 bits per heavy atom. The molecule has 4 rings (SSSR count). The van der Waals surface area contributed by atoms with Crippen molar-refractivity contribution in [2.45, 2.75) is 45.6 Å². The second kappa shape index (κ2) is 8.41. The summed E-state index contributed by atoms with van der Waals surface area (Å²) in [6.45, 7) is 2.86. The monoisotopic (exact) mass is 410 g/mol. The van der Waals surface area contributed by atoms with Crippen molar-refractivity contribution in [1.29, 1.82) is 0 Å². The number of thiazole rings is 1. The first-order chi connectivity index (χ1) is 14.2. The van der Waals surface area contributed by atoms with Crippen LogP contribution in [0.3, 0.4) is 0 Å². The van der Waals surface area contributed by atoms with Crippen LogP contribution in [0.1, 0.15) is 47.7 Å². The van der Waals surface area contributed by atoms with Crippen LogP contribution in [0.25, 0.3) is 10.2 Å². The number of amides is 1. The van der Waals surface area contributed by atoms with Gasteiger partial charge in [-0.15, -0.1) is 0 Å². The molecule has 29 heavy (non-hydrogen) atoms. The van der Waals surface area contributed by atoms with Crippen molar-refractivity contribution in [3.63, 3.8) is 0 Å². The van der Waals surface area contributed by atoms with E-state index in [9.17, 15) is 4.79 Å². The van der Waals surface area contributed by atoms with Gasteiger partial charge in [-0.05, 0) is 67.5 Å². The van der Waals surface area contributed by atoms with Gasteiger partial charge in [-0.3, -0.25) is 4.79 Å². The summed E-state index contributed by atoms with van der Waals surface area (Å²) in [5.74, 6) is 1.32. The maximum Gasteiger partial charge on any atom is 0.279 e. The molecular weight excluding hydrogens is 384 g/mol. The highest BCUT2D eigenvalue weighted by Gasteiger charge is 2.17. The number of fused-ring (bicyclic) bond motifs is 2. The topological polar surface area (TPSA) is 52.8 Å². The van der Waals surface area contributed by atoms with E-state index < -0.39 is 0 Å². The van der Waals surface area contributed by atoms with Crippen molar-refractivity contribution >= 4 is 27.5 Å². The summed E-state index contributed by atoms with van der Waals surface area (Å²) >= 11 is 1.47. The molecular formula is C23H26N2O3S. The van der Waals surface area contributed by atoms with Crippen molar-refractivity contribution in [2.24, 2.45) is 4.99 Å². The molecule has 6 heteroatoms. The fraction of sp³-hybridized carbons (Fsp3) is 0.391. The molecule has 3 aromatic rings. The van der Waals surface area contributed by atoms with Gasteiger partial charge >= 0.3 is 0 Å². The SMILES string of the molecule is CCCn1c(=NC(=O)c2ccc3c(c2)CCCC3)sc2c(OC)ccc(OC)c21. The lowest BCUT2D eigenvalue weighted by molar-refractivity contribution is 0.0997. The Labute approximate surface area is 174 Å². The second-order valence-corrected chi connectivity index (χ2v) is 8.27. The molecule has 0 saturated carbocycles. The molecule has 1 aliphatic carbocycles. The third-order valence-electron chi connectivity index (χ3n) is 5.43. The molecule has 0 bridgehead atoms. The average molecular weight is 411 g/mol. The van der Waals surface area contributed by atoms with Crippen LogP contribution in [-0.4, -0.2) is 24.7 Å². The van der Waals surface area contributed by atoms with Crippen LogP contribution in [0.4, 0.5) is 0 Å². The molecule has 0 fully saturated rings. The first-order valence-electron chi connectivity index (χ1n) is 10.1. The molecule has 1 heterocycles. The van der Waals surface area contributed by atoms with Crippen LogP contribution in [-0.2, 0) is 19.4 Å². The highest BCUT2D eigenvalue weighted by atomic mass is 32.1. The van der Waals surface area contributed by atoms with Crippen LogP contribution < -0.4 is 14.3 Å². The predicted molar refractivity (Wildman–Crippen MR) is 116 cm³/mol. The zero-order chi connectivity index (χ0) is 20.4. The van der Waals surface area contributed by atoms with Crippen molar-refractivity contribution in [2.75, 3.05) is 14.2 Å². The number of nitrogens with zero attached hydrogens (tertiary/aromatic N) is 2. The van der Waals surface area contributed by atoms with E-state index in [1.807, 2.05) is 24.3 Å². The summed E-state index contributed by atoms with van der Waals surface area (Å²) in [4.78, 5) is 18.2. The Balaban J connectivity index is 1.85. The Kier molecular flexibility index (Phi) is 5.72. The highest BCUT2D eigenvalue weighted by molar-refractivity contribution is 7.16. The van der Waals surface area contributed by atoms with Crippen molar-refractivity contribution in [1.82, 2.24) is 4.57 Å². The number of benzene rings is 2. The van der Waals surface area contributed by atoms with Gasteiger partial charge in [-0.1, -0.05) is 24.3 Å². The van der Waals surface area contributed by atoms with E-state index in [1.54, 1.807) is 14.2 Å². The van der Waals surface area contributed by atoms with E-state index in [4.69, 9.17) is 9.47 Å². The number of ether oxygens (including phenoxy) is 2. The Hall–Kier alpha value is -2.60. The number of carbonyl (C=O) groups excluding carboxylic acids is 1. The highest BCUT2D eigenvalue weighted by Crippen LogP contribution is 2.35. The fourth-order valence-corrected chi connectivity index (χ4v) is 5.15. The third-order valence-corrected chi connectivity index (χ3v) is 6.53. The van der Waals surface area contributed by atoms with Gasteiger partial charge in [0.2, 0.25) is 0 Å². The first kappa shape index (κ1) is 19.7. The standard InChI is InChI=1S/C23H26N2O3S/c1-4-13-25-20-18(27-2)11-12-19(28-3)21(20)29-23(25)24-22(26)17-10-9-15-7-5-6-8-16(15)14-17/h9-12,14H,4-8,13H2,1-3H3. The van der Waals surface area contributed by atoms with Gasteiger partial charge in [0, 0.05) is 12.1 Å². The van der Waals surface area contributed by atoms with Crippen LogP contribution in [0.15, 0.2) is 35.3 Å². The summed E-state index contributed by atoms with van der Waals surface area (Å²) in [5, 5.41) is 0. The Morgan fingerprint density at radius 3 is 2.52 bits per heavy atom. The van der Waals surface area contributed by atoms with Crippen molar-refractivity contribution in [3.05, 3.63) is 51.8 Å². The van der Waals surface area contributed by atoms with Crippen LogP contribution in [0, 0.1) is 0 Å². The molecule has 0 unspecified atom stereocenters. The van der Waals surface area contributed by atoms with Gasteiger partial charge in [0.1, 0.15) is 21.7 Å². The third kappa shape index (κ3) is 3.69. The summed E-state index contributed by atoms with van der Waals surface area (Å²) in [5.41, 5.74) is 4.24. The molecule has 1 amide bonds. The molecule has 5 nitrogen and oxygen atoms in total. The summed E-state index contributed by atoms with van der Waals surface area (Å²) in [6.07, 6.45) is 5.49. The normalized spacial score (nSPS) is 14.1. The number of rotatable bonds is 5. The van der Waals surface area contributed by atoms with Gasteiger partial charge in [-0.25, -0.2) is 0 Å². The molecule has 0 saturated heterocycles. The molecule has 0 radical (unpaired) electrons. The number of hydrogen-bond donors (Lipinski definition) is 0. The zero-order valence-corrected chi connectivity index (χ0v) is 18.0. The van der Waals surface area contributed by atoms with Gasteiger partial charge in [0.25, 0.3) is 5.91 Å². The number of aryl methyl sites for hydroxylation is 3. The van der Waals surface area contributed by atoms with Crippen LogP contribution >= 0.6 is 11.3 Å². The summed E-state index contributed by atoms with van der Waals surface area (Å²) in [7, 11) is 3.31. The average Bonchev–Trinajstić information content (AvgIpc) is 3.11. The summed E-state index contributed by atoms with van der Waals surface area (Å²) in [6, 6.07) is 9.82. The number of methoxy groups -OCH3 is 2. The lowest BCUT2D eigenvalue weighted by atomic mass is 9.90. The molecule has 2 aromatic carbocycles. The van der Waals surface area contributed by atoms with Gasteiger partial charge in [0.05, 0.1) is 14.2 Å². The maximum absolute atomic E-state index is 13.0. The molecule has 1 aromatic heterocycles. The van der Waals surface area contributed by atoms with Crippen molar-refractivity contribution < 1.29 is 14.3 Å². The van der Waals surface area contributed by atoms with Crippen molar-refractivity contribution in [3.8, 4) is 11.5 Å². The minimum absolute atomic E-state index is 0.201. The van der Waals surface area contributed by atoms with E-state index in [0.717, 1.165) is 47.5 Å². The molecule has 152 valence electrons.